The average molecular weight is 407 g/mol. The van der Waals surface area contributed by atoms with E-state index in [1.807, 2.05) is 20.5 Å². The van der Waals surface area contributed by atoms with E-state index in [0.717, 1.165) is 56.5 Å². The Balaban J connectivity index is 1.41. The Morgan fingerprint density at radius 3 is 2.50 bits per heavy atom. The van der Waals surface area contributed by atoms with Crippen molar-refractivity contribution in [2.24, 2.45) is 5.92 Å². The highest BCUT2D eigenvalue weighted by atomic mass is 16.2. The second-order valence-electron chi connectivity index (χ2n) is 9.29. The summed E-state index contributed by atoms with van der Waals surface area (Å²) in [5.74, 6) is 0.717. The van der Waals surface area contributed by atoms with E-state index in [0.29, 0.717) is 11.6 Å². The van der Waals surface area contributed by atoms with Gasteiger partial charge in [-0.1, -0.05) is 36.8 Å². The van der Waals surface area contributed by atoms with Gasteiger partial charge in [0, 0.05) is 18.7 Å². The molecular formula is C24H30N4O2. The minimum absolute atomic E-state index is 0.0530. The molecule has 158 valence electrons. The normalized spacial score (nSPS) is 24.1. The third kappa shape index (κ3) is 3.32. The number of nitrogens with zero attached hydrogens (tertiary/aromatic N) is 4. The molecule has 3 heterocycles. The molecule has 3 aliphatic rings. The average Bonchev–Trinajstić information content (AvgIpc) is 3.39. The van der Waals surface area contributed by atoms with Crippen LogP contribution in [0.25, 0.3) is 11.3 Å². The van der Waals surface area contributed by atoms with Crippen molar-refractivity contribution < 1.29 is 9.59 Å². The number of rotatable bonds is 3. The molecule has 2 aliphatic heterocycles. The first kappa shape index (κ1) is 19.3. The van der Waals surface area contributed by atoms with E-state index >= 15 is 0 Å². The maximum Gasteiger partial charge on any atom is 0.272 e. The molecule has 1 saturated heterocycles. The second kappa shape index (κ2) is 7.56. The van der Waals surface area contributed by atoms with Crippen LogP contribution in [-0.2, 0) is 4.79 Å². The van der Waals surface area contributed by atoms with Crippen LogP contribution in [0.1, 0.15) is 61.1 Å². The first-order valence-corrected chi connectivity index (χ1v) is 11.3. The van der Waals surface area contributed by atoms with E-state index in [4.69, 9.17) is 5.10 Å². The van der Waals surface area contributed by atoms with Crippen LogP contribution < -0.4 is 0 Å². The number of hydrogen-bond donors (Lipinski definition) is 0. The molecule has 6 heteroatoms. The molecule has 2 fully saturated rings. The zero-order chi connectivity index (χ0) is 20.8. The number of hydrogen-bond acceptors (Lipinski definition) is 3. The topological polar surface area (TPSA) is 58.4 Å². The van der Waals surface area contributed by atoms with Crippen LogP contribution >= 0.6 is 0 Å². The predicted octanol–water partition coefficient (Wildman–Crippen LogP) is 3.67. The Morgan fingerprint density at radius 1 is 1.07 bits per heavy atom. The maximum atomic E-state index is 13.4. The molecule has 2 atom stereocenters. The maximum absolute atomic E-state index is 13.4. The van der Waals surface area contributed by atoms with Gasteiger partial charge in [0.1, 0.15) is 12.2 Å². The highest BCUT2D eigenvalue weighted by Crippen LogP contribution is 2.40. The smallest absolute Gasteiger partial charge is 0.272 e. The third-order valence-electron chi connectivity index (χ3n) is 7.16. The molecule has 2 amide bonds. The lowest BCUT2D eigenvalue weighted by Gasteiger charge is -2.39. The molecule has 0 radical (unpaired) electrons. The van der Waals surface area contributed by atoms with Gasteiger partial charge >= 0.3 is 0 Å². The third-order valence-corrected chi connectivity index (χ3v) is 7.16. The quantitative estimate of drug-likeness (QED) is 0.782. The van der Waals surface area contributed by atoms with Crippen LogP contribution in [0.2, 0.25) is 0 Å². The van der Waals surface area contributed by atoms with Crippen LogP contribution in [0.4, 0.5) is 0 Å². The van der Waals surface area contributed by atoms with Crippen LogP contribution in [0.15, 0.2) is 30.3 Å². The van der Waals surface area contributed by atoms with Crippen molar-refractivity contribution in [1.29, 1.82) is 0 Å². The van der Waals surface area contributed by atoms with Crippen molar-refractivity contribution in [3.05, 3.63) is 41.6 Å². The summed E-state index contributed by atoms with van der Waals surface area (Å²) in [6.45, 7) is 6.12. The van der Waals surface area contributed by atoms with Crippen LogP contribution in [0.3, 0.4) is 0 Å². The van der Waals surface area contributed by atoms with E-state index in [1.165, 1.54) is 5.56 Å². The Bertz CT molecular complexity index is 956. The Kier molecular flexibility index (Phi) is 4.88. The van der Waals surface area contributed by atoms with Crippen molar-refractivity contribution in [2.75, 3.05) is 19.6 Å². The first-order valence-electron chi connectivity index (χ1n) is 11.3. The monoisotopic (exact) mass is 406 g/mol. The van der Waals surface area contributed by atoms with Crippen LogP contribution in [-0.4, -0.2) is 57.1 Å². The van der Waals surface area contributed by atoms with Gasteiger partial charge in [-0.15, -0.1) is 0 Å². The summed E-state index contributed by atoms with van der Waals surface area (Å²) in [6.07, 6.45) is 5.12. The van der Waals surface area contributed by atoms with Gasteiger partial charge in [-0.2, -0.15) is 5.10 Å². The number of benzene rings is 1. The SMILES string of the molecule is Cc1ccc(-c2cc3n(n2)C2CCCC2N(CC(=O)N2CCC(C)CC2)C3=O)cc1. The second-order valence-corrected chi connectivity index (χ2v) is 9.29. The van der Waals surface area contributed by atoms with E-state index in [-0.39, 0.29) is 30.4 Å². The summed E-state index contributed by atoms with van der Waals surface area (Å²) in [4.78, 5) is 30.2. The minimum atomic E-state index is -0.0530. The Morgan fingerprint density at radius 2 is 1.77 bits per heavy atom. The standard InChI is InChI=1S/C24H30N4O2/c1-16-6-8-18(9-7-16)19-14-22-24(30)27(20-4-3-5-21(20)28(22)25-19)15-23(29)26-12-10-17(2)11-13-26/h6-9,14,17,20-21H,3-5,10-13,15H2,1-2H3. The number of carbonyl (C=O) groups is 2. The number of piperidine rings is 1. The van der Waals surface area contributed by atoms with Gasteiger partial charge in [-0.25, -0.2) is 0 Å². The lowest BCUT2D eigenvalue weighted by atomic mass is 9.99. The van der Waals surface area contributed by atoms with Crippen molar-refractivity contribution in [2.45, 2.75) is 58.0 Å². The summed E-state index contributed by atoms with van der Waals surface area (Å²) < 4.78 is 1.94. The molecule has 1 aliphatic carbocycles. The van der Waals surface area contributed by atoms with Gasteiger partial charge in [0.2, 0.25) is 5.91 Å². The van der Waals surface area contributed by atoms with E-state index < -0.39 is 0 Å². The summed E-state index contributed by atoms with van der Waals surface area (Å²) in [5, 5.41) is 4.83. The predicted molar refractivity (Wildman–Crippen MR) is 115 cm³/mol. The summed E-state index contributed by atoms with van der Waals surface area (Å²) in [5.41, 5.74) is 3.68. The molecule has 1 aromatic heterocycles. The molecule has 2 unspecified atom stereocenters. The summed E-state index contributed by atoms with van der Waals surface area (Å²) in [7, 11) is 0. The highest BCUT2D eigenvalue weighted by molar-refractivity contribution is 5.97. The minimum Gasteiger partial charge on any atom is -0.341 e. The van der Waals surface area contributed by atoms with Crippen molar-refractivity contribution >= 4 is 11.8 Å². The van der Waals surface area contributed by atoms with E-state index in [1.54, 1.807) is 0 Å². The largest absolute Gasteiger partial charge is 0.341 e. The lowest BCUT2D eigenvalue weighted by molar-refractivity contribution is -0.134. The molecule has 0 N–H and O–H groups in total. The fraction of sp³-hybridized carbons (Fsp3) is 0.542. The molecule has 1 aromatic carbocycles. The van der Waals surface area contributed by atoms with E-state index in [2.05, 4.69) is 38.1 Å². The van der Waals surface area contributed by atoms with Crippen LogP contribution in [0, 0.1) is 12.8 Å². The molecule has 0 spiro atoms. The van der Waals surface area contributed by atoms with Gasteiger partial charge in [0.15, 0.2) is 0 Å². The van der Waals surface area contributed by atoms with Crippen molar-refractivity contribution in [1.82, 2.24) is 19.6 Å². The number of amides is 2. The fourth-order valence-electron chi connectivity index (χ4n) is 5.23. The van der Waals surface area contributed by atoms with Gasteiger partial charge in [-0.3, -0.25) is 14.3 Å². The lowest BCUT2D eigenvalue weighted by Crippen LogP contribution is -2.53. The number of aromatic nitrogens is 2. The fourth-order valence-corrected chi connectivity index (χ4v) is 5.23. The first-order chi connectivity index (χ1) is 14.5. The van der Waals surface area contributed by atoms with Gasteiger partial charge in [0.05, 0.1) is 17.8 Å². The Hall–Kier alpha value is -2.63. The number of fused-ring (bicyclic) bond motifs is 3. The molecule has 5 rings (SSSR count). The van der Waals surface area contributed by atoms with Crippen molar-refractivity contribution in [3.63, 3.8) is 0 Å². The van der Waals surface area contributed by atoms with E-state index in [9.17, 15) is 9.59 Å². The van der Waals surface area contributed by atoms with Gasteiger partial charge in [-0.05, 0) is 51.0 Å². The summed E-state index contributed by atoms with van der Waals surface area (Å²) >= 11 is 0. The number of aryl methyl sites for hydroxylation is 1. The Labute approximate surface area is 177 Å². The number of carbonyl (C=O) groups excluding carboxylic acids is 2. The molecule has 0 bridgehead atoms. The number of likely N-dealkylation sites (tertiary alicyclic amines) is 1. The molecule has 6 nitrogen and oxygen atoms in total. The highest BCUT2D eigenvalue weighted by Gasteiger charge is 2.44. The zero-order valence-corrected chi connectivity index (χ0v) is 17.9. The molecular weight excluding hydrogens is 376 g/mol. The van der Waals surface area contributed by atoms with Crippen molar-refractivity contribution in [3.8, 4) is 11.3 Å². The molecule has 2 aromatic rings. The van der Waals surface area contributed by atoms with Crippen LogP contribution in [0.5, 0.6) is 0 Å². The summed E-state index contributed by atoms with van der Waals surface area (Å²) in [6, 6.07) is 10.4. The molecule has 1 saturated carbocycles. The molecule has 30 heavy (non-hydrogen) atoms. The van der Waals surface area contributed by atoms with Gasteiger partial charge in [0.25, 0.3) is 5.91 Å². The zero-order valence-electron chi connectivity index (χ0n) is 17.9. The van der Waals surface area contributed by atoms with Gasteiger partial charge < -0.3 is 9.80 Å².